The fourth-order valence-electron chi connectivity index (χ4n) is 3.91. The van der Waals surface area contributed by atoms with Crippen molar-refractivity contribution in [2.45, 2.75) is 39.2 Å². The molecule has 6 heteroatoms. The number of nitrogens with one attached hydrogen (secondary N) is 1. The molecule has 0 aliphatic heterocycles. The van der Waals surface area contributed by atoms with Crippen molar-refractivity contribution in [1.29, 1.82) is 0 Å². The van der Waals surface area contributed by atoms with Crippen LogP contribution in [0.5, 0.6) is 0 Å². The second kappa shape index (κ2) is 7.19. The number of halogens is 1. The van der Waals surface area contributed by atoms with Gasteiger partial charge in [0.15, 0.2) is 0 Å². The fraction of sp³-hybridized carbons (Fsp3) is 0.318. The molecule has 1 aliphatic carbocycles. The van der Waals surface area contributed by atoms with Crippen molar-refractivity contribution in [3.8, 4) is 5.69 Å². The van der Waals surface area contributed by atoms with Crippen molar-refractivity contribution in [2.75, 3.05) is 0 Å². The molecule has 28 heavy (non-hydrogen) atoms. The predicted octanol–water partition coefficient (Wildman–Crippen LogP) is 3.78. The number of benzene rings is 1. The van der Waals surface area contributed by atoms with Gasteiger partial charge in [-0.05, 0) is 54.2 Å². The lowest BCUT2D eigenvalue weighted by molar-refractivity contribution is -0.121. The summed E-state index contributed by atoms with van der Waals surface area (Å²) in [6, 6.07) is 9.94. The third-order valence-corrected chi connectivity index (χ3v) is 5.17. The van der Waals surface area contributed by atoms with Crippen molar-refractivity contribution in [2.24, 2.45) is 5.41 Å². The first-order chi connectivity index (χ1) is 13.4. The van der Waals surface area contributed by atoms with Gasteiger partial charge < -0.3 is 5.32 Å². The Labute approximate surface area is 163 Å². The minimum atomic E-state index is -0.273. The Morgan fingerprint density at radius 2 is 2.04 bits per heavy atom. The molecule has 1 aliphatic rings. The Balaban J connectivity index is 1.60. The molecule has 0 saturated heterocycles. The second-order valence-electron chi connectivity index (χ2n) is 8.14. The number of nitrogens with zero attached hydrogens (tertiary/aromatic N) is 3. The third-order valence-electron chi connectivity index (χ3n) is 5.17. The number of pyridine rings is 1. The van der Waals surface area contributed by atoms with Crippen LogP contribution in [0.2, 0.25) is 0 Å². The molecule has 1 aromatic carbocycles. The van der Waals surface area contributed by atoms with E-state index in [1.807, 2.05) is 23.0 Å². The van der Waals surface area contributed by atoms with Gasteiger partial charge in [0, 0.05) is 18.0 Å². The molecule has 0 fully saturated rings. The summed E-state index contributed by atoms with van der Waals surface area (Å²) in [4.78, 5) is 16.7. The smallest absolute Gasteiger partial charge is 0.224 e. The second-order valence-corrected chi connectivity index (χ2v) is 8.14. The lowest BCUT2D eigenvalue weighted by Gasteiger charge is -2.36. The number of fused-ring (bicyclic) bond motifs is 1. The van der Waals surface area contributed by atoms with Crippen LogP contribution in [0.1, 0.15) is 43.1 Å². The zero-order chi connectivity index (χ0) is 19.7. The molecule has 0 bridgehead atoms. The molecule has 0 spiro atoms. The lowest BCUT2D eigenvalue weighted by atomic mass is 9.74. The van der Waals surface area contributed by atoms with E-state index in [9.17, 15) is 9.18 Å². The van der Waals surface area contributed by atoms with Gasteiger partial charge in [-0.3, -0.25) is 9.78 Å². The Bertz CT molecular complexity index is 980. The van der Waals surface area contributed by atoms with Gasteiger partial charge in [0.05, 0.1) is 30.0 Å². The molecule has 2 aromatic heterocycles. The van der Waals surface area contributed by atoms with E-state index < -0.39 is 0 Å². The number of amides is 1. The largest absolute Gasteiger partial charge is 0.349 e. The molecule has 5 nitrogen and oxygen atoms in total. The van der Waals surface area contributed by atoms with Crippen LogP contribution in [0.4, 0.5) is 4.39 Å². The van der Waals surface area contributed by atoms with Crippen LogP contribution in [-0.2, 0) is 17.6 Å². The van der Waals surface area contributed by atoms with Gasteiger partial charge in [-0.25, -0.2) is 9.07 Å². The number of rotatable bonds is 4. The number of carbonyl (C=O) groups excluding carboxylic acids is 1. The molecule has 144 valence electrons. The number of hydrogen-bond acceptors (Lipinski definition) is 3. The minimum Gasteiger partial charge on any atom is -0.349 e. The van der Waals surface area contributed by atoms with Gasteiger partial charge in [0.25, 0.3) is 0 Å². The first kappa shape index (κ1) is 18.3. The number of aromatic nitrogens is 3. The molecule has 0 saturated carbocycles. The SMILES string of the molecule is CC1(C)Cc2c(cnn2-c2ccc(F)cc2)C(NC(=O)Cc2cccnc2)C1. The van der Waals surface area contributed by atoms with Gasteiger partial charge in [-0.15, -0.1) is 0 Å². The molecule has 0 radical (unpaired) electrons. The van der Waals surface area contributed by atoms with Gasteiger partial charge in [0.2, 0.25) is 5.91 Å². The minimum absolute atomic E-state index is 0.0110. The first-order valence-corrected chi connectivity index (χ1v) is 9.42. The predicted molar refractivity (Wildman–Crippen MR) is 104 cm³/mol. The van der Waals surface area contributed by atoms with Crippen LogP contribution in [0.3, 0.4) is 0 Å². The average Bonchev–Trinajstić information content (AvgIpc) is 3.06. The lowest BCUT2D eigenvalue weighted by Crippen LogP contribution is -2.37. The highest BCUT2D eigenvalue weighted by Crippen LogP contribution is 2.41. The van der Waals surface area contributed by atoms with Crippen molar-refractivity contribution < 1.29 is 9.18 Å². The molecule has 1 atom stereocenters. The maximum absolute atomic E-state index is 13.3. The van der Waals surface area contributed by atoms with Gasteiger partial charge in [-0.1, -0.05) is 19.9 Å². The maximum atomic E-state index is 13.3. The summed E-state index contributed by atoms with van der Waals surface area (Å²) in [5, 5.41) is 7.71. The summed E-state index contributed by atoms with van der Waals surface area (Å²) in [6.45, 7) is 4.39. The Hall–Kier alpha value is -3.02. The molecule has 4 rings (SSSR count). The van der Waals surface area contributed by atoms with Gasteiger partial charge >= 0.3 is 0 Å². The molecule has 3 aromatic rings. The van der Waals surface area contributed by atoms with E-state index in [0.717, 1.165) is 35.3 Å². The molecule has 1 N–H and O–H groups in total. The topological polar surface area (TPSA) is 59.8 Å². The summed E-state index contributed by atoms with van der Waals surface area (Å²) < 4.78 is 15.2. The first-order valence-electron chi connectivity index (χ1n) is 9.42. The Morgan fingerprint density at radius 1 is 1.25 bits per heavy atom. The maximum Gasteiger partial charge on any atom is 0.224 e. The van der Waals surface area contributed by atoms with Crippen LogP contribution < -0.4 is 5.32 Å². The molecule has 1 unspecified atom stereocenters. The van der Waals surface area contributed by atoms with Gasteiger partial charge in [0.1, 0.15) is 5.82 Å². The monoisotopic (exact) mass is 378 g/mol. The van der Waals surface area contributed by atoms with Crippen molar-refractivity contribution in [3.05, 3.63) is 77.6 Å². The van der Waals surface area contributed by atoms with Crippen LogP contribution in [-0.4, -0.2) is 20.7 Å². The summed E-state index contributed by atoms with van der Waals surface area (Å²) in [7, 11) is 0. The normalized spacial score (nSPS) is 17.8. The van der Waals surface area contributed by atoms with E-state index in [-0.39, 0.29) is 23.2 Å². The van der Waals surface area contributed by atoms with Crippen LogP contribution in [0.15, 0.2) is 55.0 Å². The quantitative estimate of drug-likeness (QED) is 0.752. The third kappa shape index (κ3) is 3.81. The van der Waals surface area contributed by atoms with Gasteiger partial charge in [-0.2, -0.15) is 5.10 Å². The zero-order valence-corrected chi connectivity index (χ0v) is 16.0. The van der Waals surface area contributed by atoms with Crippen molar-refractivity contribution in [3.63, 3.8) is 0 Å². The van der Waals surface area contributed by atoms with Crippen LogP contribution in [0.25, 0.3) is 5.69 Å². The summed E-state index contributed by atoms with van der Waals surface area (Å²) >= 11 is 0. The fourth-order valence-corrected chi connectivity index (χ4v) is 3.91. The van der Waals surface area contributed by atoms with E-state index >= 15 is 0 Å². The summed E-state index contributed by atoms with van der Waals surface area (Å²) in [5.41, 5.74) is 3.81. The number of carbonyl (C=O) groups is 1. The summed E-state index contributed by atoms with van der Waals surface area (Å²) in [6.07, 6.45) is 7.21. The highest BCUT2D eigenvalue weighted by molar-refractivity contribution is 5.79. The number of hydrogen-bond donors (Lipinski definition) is 1. The van der Waals surface area contributed by atoms with Crippen LogP contribution >= 0.6 is 0 Å². The van der Waals surface area contributed by atoms with E-state index in [1.54, 1.807) is 24.5 Å². The molecule has 1 amide bonds. The summed E-state index contributed by atoms with van der Waals surface area (Å²) in [5.74, 6) is -0.304. The molecular formula is C22H23FN4O. The van der Waals surface area contributed by atoms with Crippen molar-refractivity contribution >= 4 is 5.91 Å². The van der Waals surface area contributed by atoms with Crippen LogP contribution in [0, 0.1) is 11.2 Å². The molecule has 2 heterocycles. The van der Waals surface area contributed by atoms with E-state index in [0.29, 0.717) is 6.42 Å². The average molecular weight is 378 g/mol. The van der Waals surface area contributed by atoms with E-state index in [2.05, 4.69) is 29.2 Å². The Kier molecular flexibility index (Phi) is 4.71. The zero-order valence-electron chi connectivity index (χ0n) is 16.0. The Morgan fingerprint density at radius 3 is 2.75 bits per heavy atom. The van der Waals surface area contributed by atoms with E-state index in [4.69, 9.17) is 0 Å². The highest BCUT2D eigenvalue weighted by atomic mass is 19.1. The highest BCUT2D eigenvalue weighted by Gasteiger charge is 2.36. The molecular weight excluding hydrogens is 355 g/mol. The van der Waals surface area contributed by atoms with E-state index in [1.165, 1.54) is 12.1 Å². The standard InChI is InChI=1S/C22H23FN4O/c1-22(2)11-19(26-21(28)10-15-4-3-9-24-13-15)18-14-25-27(20(18)12-22)17-7-5-16(23)6-8-17/h3-9,13-14,19H,10-12H2,1-2H3,(H,26,28). The van der Waals surface area contributed by atoms with Crippen molar-refractivity contribution in [1.82, 2.24) is 20.1 Å².